The van der Waals surface area contributed by atoms with Gasteiger partial charge in [0.15, 0.2) is 11.5 Å². The number of nitrogens with one attached hydrogen (secondary N) is 1. The Morgan fingerprint density at radius 1 is 0.853 bits per heavy atom. The summed E-state index contributed by atoms with van der Waals surface area (Å²) in [6, 6.07) is 27.4. The summed E-state index contributed by atoms with van der Waals surface area (Å²) in [5.41, 5.74) is 6.63. The first-order valence-corrected chi connectivity index (χ1v) is 10.8. The maximum Gasteiger partial charge on any atom is 0.161 e. The molecule has 4 rings (SSSR count). The fourth-order valence-electron chi connectivity index (χ4n) is 3.61. The quantitative estimate of drug-likeness (QED) is 0.271. The summed E-state index contributed by atoms with van der Waals surface area (Å²) in [6.07, 6.45) is 1.79. The van der Waals surface area contributed by atoms with Gasteiger partial charge in [0.2, 0.25) is 0 Å². The van der Waals surface area contributed by atoms with Gasteiger partial charge in [0.05, 0.1) is 38.6 Å². The molecule has 0 fully saturated rings. The molecule has 170 valence electrons. The summed E-state index contributed by atoms with van der Waals surface area (Å²) < 4.78 is 16.8. The van der Waals surface area contributed by atoms with Crippen LogP contribution in [-0.2, 0) is 13.2 Å². The molecule has 0 heterocycles. The Labute approximate surface area is 199 Å². The minimum Gasteiger partial charge on any atom is -0.493 e. The van der Waals surface area contributed by atoms with Gasteiger partial charge in [-0.25, -0.2) is 0 Å². The molecule has 0 aliphatic heterocycles. The fourth-order valence-corrected chi connectivity index (χ4v) is 3.61. The van der Waals surface area contributed by atoms with Crippen molar-refractivity contribution in [1.82, 2.24) is 5.43 Å². The Balaban J connectivity index is 1.51. The first kappa shape index (κ1) is 22.7. The molecule has 0 aromatic heterocycles. The van der Waals surface area contributed by atoms with Crippen LogP contribution in [0.5, 0.6) is 17.2 Å². The van der Waals surface area contributed by atoms with Crippen LogP contribution in [0, 0.1) is 11.3 Å². The number of nitriles is 1. The molecule has 0 unspecified atom stereocenters. The van der Waals surface area contributed by atoms with Gasteiger partial charge in [-0.05, 0) is 52.2 Å². The smallest absolute Gasteiger partial charge is 0.161 e. The van der Waals surface area contributed by atoms with Crippen LogP contribution in [0.15, 0.2) is 84.0 Å². The molecule has 0 aliphatic rings. The number of ether oxygens (including phenoxy) is 3. The number of hydrogen-bond acceptors (Lipinski definition) is 6. The van der Waals surface area contributed by atoms with Gasteiger partial charge in [-0.3, -0.25) is 0 Å². The van der Waals surface area contributed by atoms with Gasteiger partial charge in [-0.15, -0.1) is 0 Å². The maximum atomic E-state index is 8.99. The van der Waals surface area contributed by atoms with E-state index < -0.39 is 0 Å². The van der Waals surface area contributed by atoms with E-state index in [1.165, 1.54) is 0 Å². The van der Waals surface area contributed by atoms with Crippen LogP contribution in [0.3, 0.4) is 0 Å². The average molecular weight is 452 g/mol. The molecular weight excluding hydrogens is 426 g/mol. The van der Waals surface area contributed by atoms with E-state index in [1.807, 2.05) is 54.6 Å². The molecule has 34 heavy (non-hydrogen) atoms. The van der Waals surface area contributed by atoms with Crippen LogP contribution in [0.1, 0.15) is 22.3 Å². The Morgan fingerprint density at radius 3 is 2.35 bits per heavy atom. The second-order valence-electron chi connectivity index (χ2n) is 7.58. The molecule has 0 radical (unpaired) electrons. The molecule has 4 aromatic rings. The van der Waals surface area contributed by atoms with Crippen LogP contribution in [0.2, 0.25) is 0 Å². The molecule has 0 bridgehead atoms. The van der Waals surface area contributed by atoms with Gasteiger partial charge >= 0.3 is 0 Å². The van der Waals surface area contributed by atoms with E-state index in [0.29, 0.717) is 30.2 Å². The maximum absolute atomic E-state index is 8.99. The number of hydrazone groups is 1. The molecule has 0 atom stereocenters. The van der Waals surface area contributed by atoms with Crippen molar-refractivity contribution in [2.45, 2.75) is 13.2 Å². The zero-order valence-electron chi connectivity index (χ0n) is 19.1. The van der Waals surface area contributed by atoms with E-state index in [-0.39, 0.29) is 0 Å². The minimum atomic E-state index is 0.393. The molecule has 0 saturated carbocycles. The standard InChI is InChI=1S/C28H25N3O3/c1-32-27-13-11-22(15-28(27)33-2)17-30-31-18-25-24-6-4-3-5-23(24)12-14-26(25)34-19-21-9-7-20(16-29)8-10-21/h3-15,18,30H,17,19H2,1-2H3/b31-18+. The highest BCUT2D eigenvalue weighted by atomic mass is 16.5. The van der Waals surface area contributed by atoms with E-state index in [1.54, 1.807) is 32.6 Å². The minimum absolute atomic E-state index is 0.393. The highest BCUT2D eigenvalue weighted by molar-refractivity contribution is 6.02. The summed E-state index contributed by atoms with van der Waals surface area (Å²) in [5.74, 6) is 2.10. The van der Waals surface area contributed by atoms with Crippen LogP contribution >= 0.6 is 0 Å². The Kier molecular flexibility index (Phi) is 7.26. The predicted molar refractivity (Wildman–Crippen MR) is 133 cm³/mol. The number of hydrogen-bond donors (Lipinski definition) is 1. The van der Waals surface area contributed by atoms with E-state index in [4.69, 9.17) is 19.5 Å². The van der Waals surface area contributed by atoms with Gasteiger partial charge in [0.1, 0.15) is 12.4 Å². The first-order valence-electron chi connectivity index (χ1n) is 10.8. The number of nitrogens with zero attached hydrogens (tertiary/aromatic N) is 2. The van der Waals surface area contributed by atoms with Crippen LogP contribution in [0.25, 0.3) is 10.8 Å². The number of fused-ring (bicyclic) bond motifs is 1. The summed E-state index contributed by atoms with van der Waals surface area (Å²) in [5, 5.41) is 15.6. The lowest BCUT2D eigenvalue weighted by Gasteiger charge is -2.12. The first-order chi connectivity index (χ1) is 16.7. The topological polar surface area (TPSA) is 75.9 Å². The van der Waals surface area contributed by atoms with Gasteiger partial charge in [-0.1, -0.05) is 48.5 Å². The molecule has 0 aliphatic carbocycles. The van der Waals surface area contributed by atoms with Crippen molar-refractivity contribution in [3.05, 3.63) is 101 Å². The number of rotatable bonds is 9. The molecule has 6 nitrogen and oxygen atoms in total. The summed E-state index contributed by atoms with van der Waals surface area (Å²) in [6.45, 7) is 0.924. The van der Waals surface area contributed by atoms with Crippen molar-refractivity contribution in [3.63, 3.8) is 0 Å². The second kappa shape index (κ2) is 10.9. The SMILES string of the molecule is COc1ccc(CN/N=C/c2c(OCc3ccc(C#N)cc3)ccc3ccccc23)cc1OC. The number of benzene rings is 4. The van der Waals surface area contributed by atoms with Crippen molar-refractivity contribution in [2.24, 2.45) is 5.10 Å². The summed E-state index contributed by atoms with van der Waals surface area (Å²) in [7, 11) is 3.23. The van der Waals surface area contributed by atoms with E-state index in [0.717, 1.165) is 33.2 Å². The van der Waals surface area contributed by atoms with Gasteiger partial charge in [0.25, 0.3) is 0 Å². The highest BCUT2D eigenvalue weighted by Gasteiger charge is 2.08. The van der Waals surface area contributed by atoms with E-state index in [2.05, 4.69) is 28.7 Å². The van der Waals surface area contributed by atoms with Crippen molar-refractivity contribution in [1.29, 1.82) is 5.26 Å². The van der Waals surface area contributed by atoms with Crippen molar-refractivity contribution < 1.29 is 14.2 Å². The lowest BCUT2D eigenvalue weighted by molar-refractivity contribution is 0.306. The number of methoxy groups -OCH3 is 2. The van der Waals surface area contributed by atoms with Crippen LogP contribution in [-0.4, -0.2) is 20.4 Å². The fraction of sp³-hybridized carbons (Fsp3) is 0.143. The van der Waals surface area contributed by atoms with Gasteiger partial charge < -0.3 is 19.6 Å². The Bertz CT molecular complexity index is 1340. The third kappa shape index (κ3) is 5.28. The molecule has 4 aromatic carbocycles. The van der Waals surface area contributed by atoms with Gasteiger partial charge in [0, 0.05) is 5.56 Å². The lowest BCUT2D eigenvalue weighted by Crippen LogP contribution is -2.07. The predicted octanol–water partition coefficient (Wildman–Crippen LogP) is 5.43. The van der Waals surface area contributed by atoms with E-state index >= 15 is 0 Å². The second-order valence-corrected chi connectivity index (χ2v) is 7.58. The molecular formula is C28H25N3O3. The molecule has 0 amide bonds. The van der Waals surface area contributed by atoms with Gasteiger partial charge in [-0.2, -0.15) is 10.4 Å². The molecule has 1 N–H and O–H groups in total. The van der Waals surface area contributed by atoms with Crippen LogP contribution in [0.4, 0.5) is 0 Å². The Morgan fingerprint density at radius 2 is 1.59 bits per heavy atom. The third-order valence-corrected chi connectivity index (χ3v) is 5.42. The lowest BCUT2D eigenvalue weighted by atomic mass is 10.0. The zero-order chi connectivity index (χ0) is 23.8. The monoisotopic (exact) mass is 451 g/mol. The normalized spacial score (nSPS) is 10.7. The Hall–Kier alpha value is -4.50. The average Bonchev–Trinajstić information content (AvgIpc) is 2.90. The third-order valence-electron chi connectivity index (χ3n) is 5.42. The highest BCUT2D eigenvalue weighted by Crippen LogP contribution is 2.28. The molecule has 0 spiro atoms. The van der Waals surface area contributed by atoms with Crippen molar-refractivity contribution in [3.8, 4) is 23.3 Å². The van der Waals surface area contributed by atoms with E-state index in [9.17, 15) is 0 Å². The van der Waals surface area contributed by atoms with Crippen molar-refractivity contribution >= 4 is 17.0 Å². The largest absolute Gasteiger partial charge is 0.493 e. The molecule has 0 saturated heterocycles. The summed E-state index contributed by atoms with van der Waals surface area (Å²) >= 11 is 0. The van der Waals surface area contributed by atoms with Crippen LogP contribution < -0.4 is 19.6 Å². The zero-order valence-corrected chi connectivity index (χ0v) is 19.1. The van der Waals surface area contributed by atoms with Crippen molar-refractivity contribution in [2.75, 3.05) is 14.2 Å². The molecule has 6 heteroatoms. The summed E-state index contributed by atoms with van der Waals surface area (Å²) in [4.78, 5) is 0.